The number of rotatable bonds is 6. The van der Waals surface area contributed by atoms with Gasteiger partial charge in [0.1, 0.15) is 0 Å². The lowest BCUT2D eigenvalue weighted by Crippen LogP contribution is -2.09. The molecule has 0 heterocycles. The summed E-state index contributed by atoms with van der Waals surface area (Å²) in [5.41, 5.74) is 1.11. The summed E-state index contributed by atoms with van der Waals surface area (Å²) in [6.07, 6.45) is 1.22. The average molecular weight is 252 g/mol. The molecule has 0 bridgehead atoms. The van der Waals surface area contributed by atoms with E-state index in [1.807, 2.05) is 25.1 Å². The summed E-state index contributed by atoms with van der Waals surface area (Å²) in [6.45, 7) is 2.02. The van der Waals surface area contributed by atoms with Gasteiger partial charge in [0.2, 0.25) is 0 Å². The number of carbonyl (C=O) groups is 1. The van der Waals surface area contributed by atoms with Crippen molar-refractivity contribution in [3.8, 4) is 11.5 Å². The Morgan fingerprint density at radius 3 is 2.39 bits per heavy atom. The number of hydrogen-bond acceptors (Lipinski definition) is 4. The van der Waals surface area contributed by atoms with E-state index in [9.17, 15) is 4.79 Å². The zero-order valence-electron chi connectivity index (χ0n) is 11.4. The van der Waals surface area contributed by atoms with Crippen LogP contribution in [0.25, 0.3) is 0 Å². The zero-order chi connectivity index (χ0) is 13.5. The van der Waals surface area contributed by atoms with Crippen molar-refractivity contribution in [2.45, 2.75) is 19.8 Å². The molecular formula is C14H20O4. The van der Waals surface area contributed by atoms with Gasteiger partial charge >= 0.3 is 5.97 Å². The highest BCUT2D eigenvalue weighted by atomic mass is 16.5. The van der Waals surface area contributed by atoms with E-state index in [0.29, 0.717) is 17.9 Å². The third-order valence-electron chi connectivity index (χ3n) is 2.77. The second-order valence-corrected chi connectivity index (χ2v) is 4.28. The Morgan fingerprint density at radius 2 is 1.83 bits per heavy atom. The van der Waals surface area contributed by atoms with Crippen LogP contribution in [0.1, 0.15) is 18.9 Å². The van der Waals surface area contributed by atoms with Gasteiger partial charge in [-0.15, -0.1) is 0 Å². The third kappa shape index (κ3) is 3.95. The minimum absolute atomic E-state index is 0.178. The maximum Gasteiger partial charge on any atom is 0.305 e. The molecule has 0 aliphatic carbocycles. The van der Waals surface area contributed by atoms with Crippen molar-refractivity contribution >= 4 is 5.97 Å². The Hall–Kier alpha value is -1.71. The van der Waals surface area contributed by atoms with E-state index in [4.69, 9.17) is 9.47 Å². The summed E-state index contributed by atoms with van der Waals surface area (Å²) in [5.74, 6) is 1.47. The lowest BCUT2D eigenvalue weighted by Gasteiger charge is -2.12. The van der Waals surface area contributed by atoms with Crippen LogP contribution in [0.15, 0.2) is 18.2 Å². The molecule has 0 unspecified atom stereocenters. The largest absolute Gasteiger partial charge is 0.493 e. The highest BCUT2D eigenvalue weighted by Gasteiger charge is 2.11. The summed E-state index contributed by atoms with van der Waals surface area (Å²) in [4.78, 5) is 11.2. The van der Waals surface area contributed by atoms with Crippen LogP contribution in [0.3, 0.4) is 0 Å². The Kier molecular flexibility index (Phi) is 5.49. The number of benzene rings is 1. The lowest BCUT2D eigenvalue weighted by molar-refractivity contribution is -0.141. The van der Waals surface area contributed by atoms with Crippen LogP contribution in [0.2, 0.25) is 0 Å². The first-order chi connectivity index (χ1) is 8.60. The van der Waals surface area contributed by atoms with Crippen molar-refractivity contribution < 1.29 is 19.0 Å². The smallest absolute Gasteiger partial charge is 0.305 e. The summed E-state index contributed by atoms with van der Waals surface area (Å²) in [5, 5.41) is 0. The van der Waals surface area contributed by atoms with Crippen molar-refractivity contribution in [1.82, 2.24) is 0 Å². The van der Waals surface area contributed by atoms with E-state index >= 15 is 0 Å². The molecule has 0 amide bonds. The van der Waals surface area contributed by atoms with Gasteiger partial charge in [-0.25, -0.2) is 0 Å². The van der Waals surface area contributed by atoms with Crippen LogP contribution in [0, 0.1) is 5.92 Å². The maximum atomic E-state index is 11.2. The van der Waals surface area contributed by atoms with Crippen LogP contribution in [-0.2, 0) is 16.0 Å². The molecule has 0 spiro atoms. The van der Waals surface area contributed by atoms with Crippen LogP contribution in [0.5, 0.6) is 11.5 Å². The first-order valence-electron chi connectivity index (χ1n) is 5.88. The van der Waals surface area contributed by atoms with Crippen LogP contribution >= 0.6 is 0 Å². The molecule has 4 heteroatoms. The van der Waals surface area contributed by atoms with Crippen LogP contribution < -0.4 is 9.47 Å². The van der Waals surface area contributed by atoms with E-state index in [0.717, 1.165) is 12.0 Å². The van der Waals surface area contributed by atoms with E-state index in [1.54, 1.807) is 14.2 Å². The summed E-state index contributed by atoms with van der Waals surface area (Å²) >= 11 is 0. The van der Waals surface area contributed by atoms with Gasteiger partial charge in [0.25, 0.3) is 0 Å². The van der Waals surface area contributed by atoms with Gasteiger partial charge in [-0.3, -0.25) is 4.79 Å². The Balaban J connectivity index is 2.70. The predicted octanol–water partition coefficient (Wildman–Crippen LogP) is 2.45. The molecule has 0 saturated heterocycles. The fraction of sp³-hybridized carbons (Fsp3) is 0.500. The predicted molar refractivity (Wildman–Crippen MR) is 69.0 cm³/mol. The number of esters is 1. The van der Waals surface area contributed by atoms with E-state index in [-0.39, 0.29) is 11.9 Å². The standard InChI is InChI=1S/C14H20O4/c1-10(8-14(15)18-4)7-11-5-6-12(16-2)13(9-11)17-3/h5-6,9-10H,7-8H2,1-4H3/t10-/m0/s1. The minimum Gasteiger partial charge on any atom is -0.493 e. The monoisotopic (exact) mass is 252 g/mol. The third-order valence-corrected chi connectivity index (χ3v) is 2.77. The van der Waals surface area contributed by atoms with Crippen molar-refractivity contribution in [2.75, 3.05) is 21.3 Å². The second-order valence-electron chi connectivity index (χ2n) is 4.28. The molecule has 1 aromatic rings. The van der Waals surface area contributed by atoms with Gasteiger partial charge in [-0.05, 0) is 30.0 Å². The van der Waals surface area contributed by atoms with Crippen molar-refractivity contribution in [1.29, 1.82) is 0 Å². The van der Waals surface area contributed by atoms with Gasteiger partial charge in [0.15, 0.2) is 11.5 Å². The quantitative estimate of drug-likeness (QED) is 0.729. The summed E-state index contributed by atoms with van der Waals surface area (Å²) in [7, 11) is 4.63. The topological polar surface area (TPSA) is 44.8 Å². The van der Waals surface area contributed by atoms with Gasteiger partial charge in [-0.1, -0.05) is 13.0 Å². The molecule has 1 atom stereocenters. The van der Waals surface area contributed by atoms with Crippen molar-refractivity contribution in [2.24, 2.45) is 5.92 Å². The molecule has 1 aromatic carbocycles. The molecule has 0 aliphatic heterocycles. The lowest BCUT2D eigenvalue weighted by atomic mass is 9.98. The molecule has 0 aliphatic rings. The first kappa shape index (κ1) is 14.4. The molecule has 0 fully saturated rings. The second kappa shape index (κ2) is 6.89. The summed E-state index contributed by atoms with van der Waals surface area (Å²) < 4.78 is 15.1. The molecular weight excluding hydrogens is 232 g/mol. The molecule has 100 valence electrons. The molecule has 18 heavy (non-hydrogen) atoms. The normalized spacial score (nSPS) is 11.8. The number of methoxy groups -OCH3 is 3. The van der Waals surface area contributed by atoms with Gasteiger partial charge in [0.05, 0.1) is 21.3 Å². The van der Waals surface area contributed by atoms with Gasteiger partial charge in [0, 0.05) is 6.42 Å². The molecule has 4 nitrogen and oxygen atoms in total. The van der Waals surface area contributed by atoms with Gasteiger partial charge < -0.3 is 14.2 Å². The number of hydrogen-bond donors (Lipinski definition) is 0. The van der Waals surface area contributed by atoms with Crippen molar-refractivity contribution in [3.63, 3.8) is 0 Å². The molecule has 1 rings (SSSR count). The van der Waals surface area contributed by atoms with Crippen LogP contribution in [0.4, 0.5) is 0 Å². The number of ether oxygens (including phenoxy) is 3. The zero-order valence-corrected chi connectivity index (χ0v) is 11.4. The number of carbonyl (C=O) groups excluding carboxylic acids is 1. The first-order valence-corrected chi connectivity index (χ1v) is 5.88. The summed E-state index contributed by atoms with van der Waals surface area (Å²) in [6, 6.07) is 5.79. The minimum atomic E-state index is -0.178. The Morgan fingerprint density at radius 1 is 1.17 bits per heavy atom. The molecule has 0 radical (unpaired) electrons. The van der Waals surface area contributed by atoms with E-state index < -0.39 is 0 Å². The highest BCUT2D eigenvalue weighted by Crippen LogP contribution is 2.28. The highest BCUT2D eigenvalue weighted by molar-refractivity contribution is 5.69. The SMILES string of the molecule is COC(=O)C[C@@H](C)Cc1ccc(OC)c(OC)c1. The molecule has 0 saturated carbocycles. The maximum absolute atomic E-state index is 11.2. The molecule has 0 aromatic heterocycles. The fourth-order valence-corrected chi connectivity index (χ4v) is 1.85. The van der Waals surface area contributed by atoms with E-state index in [2.05, 4.69) is 4.74 Å². The molecule has 0 N–H and O–H groups in total. The van der Waals surface area contributed by atoms with E-state index in [1.165, 1.54) is 7.11 Å². The van der Waals surface area contributed by atoms with Gasteiger partial charge in [-0.2, -0.15) is 0 Å². The Bertz CT molecular complexity index is 401. The average Bonchev–Trinajstić information content (AvgIpc) is 2.38. The fourth-order valence-electron chi connectivity index (χ4n) is 1.85. The van der Waals surface area contributed by atoms with Crippen LogP contribution in [-0.4, -0.2) is 27.3 Å². The Labute approximate surface area is 108 Å². The van der Waals surface area contributed by atoms with Crippen molar-refractivity contribution in [3.05, 3.63) is 23.8 Å².